The Morgan fingerprint density at radius 1 is 1.20 bits per heavy atom. The Hall–Kier alpha value is -2.93. The highest BCUT2D eigenvalue weighted by Gasteiger charge is 2.14. The molecule has 0 aliphatic rings. The molecule has 0 saturated heterocycles. The first-order valence-corrected chi connectivity index (χ1v) is 6.00. The Labute approximate surface area is 114 Å². The zero-order valence-electron chi connectivity index (χ0n) is 10.4. The highest BCUT2D eigenvalue weighted by molar-refractivity contribution is 6.16. The molecular formula is C16H9FN2O. The van der Waals surface area contributed by atoms with Crippen LogP contribution in [-0.4, -0.2) is 10.8 Å². The molecule has 0 atom stereocenters. The van der Waals surface area contributed by atoms with E-state index in [2.05, 4.69) is 4.98 Å². The molecule has 0 aliphatic carbocycles. The van der Waals surface area contributed by atoms with Crippen molar-refractivity contribution < 1.29 is 9.18 Å². The third kappa shape index (κ3) is 1.95. The normalized spacial score (nSPS) is 10.4. The number of H-pyrrole nitrogens is 1. The Bertz CT molecular complexity index is 858. The SMILES string of the molecule is N#Cc1ccc2c(C(=O)c3cccc(F)c3)c[nH]c2c1. The maximum absolute atomic E-state index is 13.2. The number of aromatic amines is 1. The first-order valence-electron chi connectivity index (χ1n) is 6.00. The molecule has 3 rings (SSSR count). The summed E-state index contributed by atoms with van der Waals surface area (Å²) in [6.07, 6.45) is 1.58. The molecule has 3 nitrogen and oxygen atoms in total. The molecule has 1 aromatic heterocycles. The second-order valence-electron chi connectivity index (χ2n) is 4.41. The number of hydrogen-bond acceptors (Lipinski definition) is 2. The van der Waals surface area contributed by atoms with Crippen LogP contribution in [-0.2, 0) is 0 Å². The van der Waals surface area contributed by atoms with E-state index < -0.39 is 5.82 Å². The molecule has 96 valence electrons. The van der Waals surface area contributed by atoms with Gasteiger partial charge >= 0.3 is 0 Å². The Morgan fingerprint density at radius 2 is 2.05 bits per heavy atom. The second kappa shape index (κ2) is 4.63. The number of carbonyl (C=O) groups excluding carboxylic acids is 1. The lowest BCUT2D eigenvalue weighted by Crippen LogP contribution is -2.00. The lowest BCUT2D eigenvalue weighted by Gasteiger charge is -2.00. The van der Waals surface area contributed by atoms with Gasteiger partial charge in [-0.2, -0.15) is 5.26 Å². The standard InChI is InChI=1S/C16H9FN2O/c17-12-3-1-2-11(7-12)16(20)14-9-19-15-6-10(8-18)4-5-13(14)15/h1-7,9,19H. The predicted molar refractivity (Wildman–Crippen MR) is 72.8 cm³/mol. The molecule has 4 heteroatoms. The topological polar surface area (TPSA) is 56.6 Å². The quantitative estimate of drug-likeness (QED) is 0.721. The van der Waals surface area contributed by atoms with Crippen molar-refractivity contribution in [3.8, 4) is 6.07 Å². The van der Waals surface area contributed by atoms with Crippen LogP contribution in [0.5, 0.6) is 0 Å². The molecule has 0 amide bonds. The van der Waals surface area contributed by atoms with E-state index in [9.17, 15) is 9.18 Å². The molecule has 0 radical (unpaired) electrons. The summed E-state index contributed by atoms with van der Waals surface area (Å²) >= 11 is 0. The van der Waals surface area contributed by atoms with Crippen LogP contribution in [0.3, 0.4) is 0 Å². The van der Waals surface area contributed by atoms with E-state index in [0.717, 1.165) is 5.39 Å². The molecule has 0 bridgehead atoms. The minimum atomic E-state index is -0.442. The van der Waals surface area contributed by atoms with Crippen molar-refractivity contribution in [1.29, 1.82) is 5.26 Å². The minimum Gasteiger partial charge on any atom is -0.360 e. The van der Waals surface area contributed by atoms with Crippen LogP contribution < -0.4 is 0 Å². The van der Waals surface area contributed by atoms with Gasteiger partial charge in [-0.05, 0) is 24.3 Å². The Kier molecular flexibility index (Phi) is 2.81. The summed E-state index contributed by atoms with van der Waals surface area (Å²) in [6, 6.07) is 12.7. The van der Waals surface area contributed by atoms with Crippen LogP contribution in [0.15, 0.2) is 48.7 Å². The third-order valence-corrected chi connectivity index (χ3v) is 3.14. The molecular weight excluding hydrogens is 255 g/mol. The number of nitrogens with zero attached hydrogens (tertiary/aromatic N) is 1. The first-order chi connectivity index (χ1) is 9.69. The fraction of sp³-hybridized carbons (Fsp3) is 0. The van der Waals surface area contributed by atoms with E-state index >= 15 is 0 Å². The summed E-state index contributed by atoms with van der Waals surface area (Å²) in [5.74, 6) is -0.692. The first kappa shape index (κ1) is 12.1. The van der Waals surface area contributed by atoms with E-state index in [1.54, 1.807) is 30.5 Å². The van der Waals surface area contributed by atoms with E-state index in [1.165, 1.54) is 18.2 Å². The smallest absolute Gasteiger partial charge is 0.195 e. The maximum Gasteiger partial charge on any atom is 0.195 e. The number of aromatic nitrogens is 1. The van der Waals surface area contributed by atoms with Gasteiger partial charge in [0.15, 0.2) is 5.78 Å². The summed E-state index contributed by atoms with van der Waals surface area (Å²) in [5, 5.41) is 9.57. The molecule has 2 aromatic carbocycles. The number of fused-ring (bicyclic) bond motifs is 1. The highest BCUT2D eigenvalue weighted by atomic mass is 19.1. The van der Waals surface area contributed by atoms with Gasteiger partial charge in [0.1, 0.15) is 5.82 Å². The molecule has 0 unspecified atom stereocenters. The van der Waals surface area contributed by atoms with Gasteiger partial charge in [-0.3, -0.25) is 4.79 Å². The third-order valence-electron chi connectivity index (χ3n) is 3.14. The molecule has 1 N–H and O–H groups in total. The van der Waals surface area contributed by atoms with E-state index in [0.29, 0.717) is 22.2 Å². The summed E-state index contributed by atoms with van der Waals surface area (Å²) in [5.41, 5.74) is 2.00. The minimum absolute atomic E-state index is 0.250. The molecule has 1 heterocycles. The average molecular weight is 264 g/mol. The summed E-state index contributed by atoms with van der Waals surface area (Å²) in [7, 11) is 0. The lowest BCUT2D eigenvalue weighted by atomic mass is 10.0. The highest BCUT2D eigenvalue weighted by Crippen LogP contribution is 2.22. The maximum atomic E-state index is 13.2. The van der Waals surface area contributed by atoms with Gasteiger partial charge in [-0.1, -0.05) is 18.2 Å². The number of halogens is 1. The number of nitriles is 1. The van der Waals surface area contributed by atoms with E-state index in [-0.39, 0.29) is 5.78 Å². The number of carbonyl (C=O) groups is 1. The lowest BCUT2D eigenvalue weighted by molar-refractivity contribution is 0.104. The van der Waals surface area contributed by atoms with Crippen LogP contribution >= 0.6 is 0 Å². The number of ketones is 1. The number of rotatable bonds is 2. The Balaban J connectivity index is 2.11. The van der Waals surface area contributed by atoms with Crippen LogP contribution in [0.25, 0.3) is 10.9 Å². The average Bonchev–Trinajstić information content (AvgIpc) is 2.89. The van der Waals surface area contributed by atoms with E-state index in [1.807, 2.05) is 6.07 Å². The zero-order chi connectivity index (χ0) is 14.1. The largest absolute Gasteiger partial charge is 0.360 e. The van der Waals surface area contributed by atoms with Gasteiger partial charge in [0.05, 0.1) is 11.6 Å². The van der Waals surface area contributed by atoms with E-state index in [4.69, 9.17) is 5.26 Å². The van der Waals surface area contributed by atoms with Crippen molar-refractivity contribution in [2.45, 2.75) is 0 Å². The van der Waals surface area contributed by atoms with Crippen molar-refractivity contribution in [3.63, 3.8) is 0 Å². The molecule has 0 fully saturated rings. The monoisotopic (exact) mass is 264 g/mol. The van der Waals surface area contributed by atoms with Crippen LogP contribution in [0, 0.1) is 17.1 Å². The van der Waals surface area contributed by atoms with Crippen molar-refractivity contribution >= 4 is 16.7 Å². The van der Waals surface area contributed by atoms with Crippen LogP contribution in [0.1, 0.15) is 21.5 Å². The van der Waals surface area contributed by atoms with Crippen molar-refractivity contribution in [3.05, 3.63) is 71.2 Å². The van der Waals surface area contributed by atoms with Crippen molar-refractivity contribution in [2.24, 2.45) is 0 Å². The van der Waals surface area contributed by atoms with Gasteiger partial charge in [-0.15, -0.1) is 0 Å². The summed E-state index contributed by atoms with van der Waals surface area (Å²) in [4.78, 5) is 15.3. The van der Waals surface area contributed by atoms with Crippen molar-refractivity contribution in [1.82, 2.24) is 4.98 Å². The Morgan fingerprint density at radius 3 is 2.80 bits per heavy atom. The fourth-order valence-electron chi connectivity index (χ4n) is 2.17. The summed E-state index contributed by atoms with van der Waals surface area (Å²) in [6.45, 7) is 0. The van der Waals surface area contributed by atoms with Crippen LogP contribution in [0.4, 0.5) is 4.39 Å². The summed E-state index contributed by atoms with van der Waals surface area (Å²) < 4.78 is 13.2. The number of hydrogen-bond donors (Lipinski definition) is 1. The molecule has 0 aliphatic heterocycles. The number of benzene rings is 2. The zero-order valence-corrected chi connectivity index (χ0v) is 10.4. The molecule has 0 saturated carbocycles. The van der Waals surface area contributed by atoms with Gasteiger partial charge < -0.3 is 4.98 Å². The van der Waals surface area contributed by atoms with Crippen LogP contribution in [0.2, 0.25) is 0 Å². The van der Waals surface area contributed by atoms with Gasteiger partial charge in [-0.25, -0.2) is 4.39 Å². The van der Waals surface area contributed by atoms with Gasteiger partial charge in [0, 0.05) is 28.2 Å². The number of nitrogens with one attached hydrogen (secondary N) is 1. The second-order valence-corrected chi connectivity index (χ2v) is 4.41. The molecule has 3 aromatic rings. The van der Waals surface area contributed by atoms with Gasteiger partial charge in [0.2, 0.25) is 0 Å². The molecule has 0 spiro atoms. The fourth-order valence-corrected chi connectivity index (χ4v) is 2.17. The predicted octanol–water partition coefficient (Wildman–Crippen LogP) is 3.41. The van der Waals surface area contributed by atoms with Crippen molar-refractivity contribution in [2.75, 3.05) is 0 Å². The van der Waals surface area contributed by atoms with Gasteiger partial charge in [0.25, 0.3) is 0 Å². The molecule has 20 heavy (non-hydrogen) atoms.